The number of methoxy groups -OCH3 is 2. The van der Waals surface area contributed by atoms with Crippen molar-refractivity contribution in [3.05, 3.63) is 29.8 Å². The Morgan fingerprint density at radius 2 is 1.82 bits per heavy atom. The van der Waals surface area contributed by atoms with E-state index in [4.69, 9.17) is 9.47 Å². The first-order valence-corrected chi connectivity index (χ1v) is 8.99. The summed E-state index contributed by atoms with van der Waals surface area (Å²) >= 11 is 0. The van der Waals surface area contributed by atoms with E-state index in [1.165, 1.54) is 0 Å². The molecule has 0 atom stereocenters. The van der Waals surface area contributed by atoms with Gasteiger partial charge < -0.3 is 14.4 Å². The summed E-state index contributed by atoms with van der Waals surface area (Å²) in [5.74, 6) is 0.409. The highest BCUT2D eigenvalue weighted by Gasteiger charge is 2.16. The predicted molar refractivity (Wildman–Crippen MR) is 84.6 cm³/mol. The number of ether oxygens (including phenoxy) is 2. The molecular weight excluding hydrogens is 306 g/mol. The molecule has 6 nitrogen and oxygen atoms in total. The number of nitrogens with zero attached hydrogens (tertiary/aromatic N) is 1. The summed E-state index contributed by atoms with van der Waals surface area (Å²) in [4.78, 5) is 13.8. The van der Waals surface area contributed by atoms with Gasteiger partial charge in [0.15, 0.2) is 0 Å². The Morgan fingerprint density at radius 1 is 1.18 bits per heavy atom. The fourth-order valence-electron chi connectivity index (χ4n) is 1.88. The quantitative estimate of drug-likeness (QED) is 0.678. The molecule has 0 bridgehead atoms. The molecule has 0 heterocycles. The Morgan fingerprint density at radius 3 is 2.32 bits per heavy atom. The maximum atomic E-state index is 12.2. The largest absolute Gasteiger partial charge is 0.497 e. The van der Waals surface area contributed by atoms with Gasteiger partial charge in [0.1, 0.15) is 15.6 Å². The summed E-state index contributed by atoms with van der Waals surface area (Å²) in [6.45, 7) is 1.24. The van der Waals surface area contributed by atoms with Gasteiger partial charge in [-0.3, -0.25) is 4.79 Å². The predicted octanol–water partition coefficient (Wildman–Crippen LogP) is 1.10. The topological polar surface area (TPSA) is 72.9 Å². The molecule has 0 unspecified atom stereocenters. The lowest BCUT2D eigenvalue weighted by molar-refractivity contribution is -0.132. The molecule has 1 amide bonds. The van der Waals surface area contributed by atoms with Crippen LogP contribution in [0, 0.1) is 0 Å². The number of hydrogen-bond donors (Lipinski definition) is 0. The number of amides is 1. The molecule has 0 radical (unpaired) electrons. The van der Waals surface area contributed by atoms with Crippen LogP contribution in [-0.2, 0) is 25.9 Å². The summed E-state index contributed by atoms with van der Waals surface area (Å²) in [7, 11) is 0.00356. The van der Waals surface area contributed by atoms with Gasteiger partial charge in [0.25, 0.3) is 0 Å². The van der Waals surface area contributed by atoms with Crippen LogP contribution in [0.3, 0.4) is 0 Å². The lowest BCUT2D eigenvalue weighted by Gasteiger charge is -2.22. The summed E-state index contributed by atoms with van der Waals surface area (Å²) < 4.78 is 32.5. The molecule has 0 aliphatic rings. The molecule has 0 spiro atoms. The van der Waals surface area contributed by atoms with Gasteiger partial charge in [-0.2, -0.15) is 0 Å². The van der Waals surface area contributed by atoms with Crippen LogP contribution < -0.4 is 4.74 Å². The second kappa shape index (κ2) is 8.75. The number of carbonyl (C=O) groups excluding carboxylic acids is 1. The van der Waals surface area contributed by atoms with Gasteiger partial charge in [0.2, 0.25) is 5.91 Å². The van der Waals surface area contributed by atoms with Crippen molar-refractivity contribution in [1.29, 1.82) is 0 Å². The number of carbonyl (C=O) groups is 1. The molecule has 0 aromatic heterocycles. The second-order valence-corrected chi connectivity index (χ2v) is 7.30. The molecule has 124 valence electrons. The Hall–Kier alpha value is -1.60. The Labute approximate surface area is 131 Å². The van der Waals surface area contributed by atoms with Crippen LogP contribution in [-0.4, -0.2) is 58.6 Å². The lowest BCUT2D eigenvalue weighted by Crippen LogP contribution is -2.34. The van der Waals surface area contributed by atoms with Crippen LogP contribution in [0.4, 0.5) is 0 Å². The summed E-state index contributed by atoms with van der Waals surface area (Å²) in [6.07, 6.45) is 1.11. The van der Waals surface area contributed by atoms with Gasteiger partial charge in [0, 0.05) is 32.9 Å². The first-order valence-electron chi connectivity index (χ1n) is 6.93. The third-order valence-electron chi connectivity index (χ3n) is 3.14. The van der Waals surface area contributed by atoms with E-state index < -0.39 is 9.84 Å². The van der Waals surface area contributed by atoms with Gasteiger partial charge in [-0.25, -0.2) is 8.42 Å². The highest BCUT2D eigenvalue weighted by molar-refractivity contribution is 7.90. The van der Waals surface area contributed by atoms with E-state index >= 15 is 0 Å². The van der Waals surface area contributed by atoms with Gasteiger partial charge in [0.05, 0.1) is 19.5 Å². The van der Waals surface area contributed by atoms with E-state index in [0.29, 0.717) is 19.7 Å². The highest BCUT2D eigenvalue weighted by Crippen LogP contribution is 2.13. The highest BCUT2D eigenvalue weighted by atomic mass is 32.2. The molecule has 0 saturated carbocycles. The van der Waals surface area contributed by atoms with Crippen LogP contribution in [0.15, 0.2) is 24.3 Å². The average Bonchev–Trinajstić information content (AvgIpc) is 2.49. The summed E-state index contributed by atoms with van der Waals surface area (Å²) in [6, 6.07) is 7.40. The molecule has 22 heavy (non-hydrogen) atoms. The summed E-state index contributed by atoms with van der Waals surface area (Å²) in [5.41, 5.74) is 0.949. The Balaban J connectivity index is 2.71. The van der Waals surface area contributed by atoms with Crippen LogP contribution in [0.1, 0.15) is 12.0 Å². The number of sulfone groups is 1. The monoisotopic (exact) mass is 329 g/mol. The van der Waals surface area contributed by atoms with Crippen molar-refractivity contribution in [2.24, 2.45) is 0 Å². The maximum Gasteiger partial charge on any atom is 0.223 e. The molecule has 1 aromatic rings. The second-order valence-electron chi connectivity index (χ2n) is 5.04. The Bertz CT molecular complexity index is 568. The van der Waals surface area contributed by atoms with Gasteiger partial charge in [-0.15, -0.1) is 0 Å². The molecular formula is C15H23NO5S. The fourth-order valence-corrected chi connectivity index (χ4v) is 2.42. The van der Waals surface area contributed by atoms with E-state index in [2.05, 4.69) is 0 Å². The van der Waals surface area contributed by atoms with Gasteiger partial charge >= 0.3 is 0 Å². The molecule has 7 heteroatoms. The molecule has 1 rings (SSSR count). The number of rotatable bonds is 9. The standard InChI is InChI=1S/C15H23NO5S/c1-20-10-9-16(15(17)8-11-22(3,18)19)12-13-4-6-14(21-2)7-5-13/h4-7H,8-12H2,1-3H3. The molecule has 0 saturated heterocycles. The van der Waals surface area contributed by atoms with E-state index in [1.807, 2.05) is 24.3 Å². The molecule has 0 N–H and O–H groups in total. The zero-order valence-electron chi connectivity index (χ0n) is 13.2. The SMILES string of the molecule is COCCN(Cc1ccc(OC)cc1)C(=O)CCS(C)(=O)=O. The van der Waals surface area contributed by atoms with Gasteiger partial charge in [-0.1, -0.05) is 12.1 Å². The van der Waals surface area contributed by atoms with E-state index in [-0.39, 0.29) is 18.1 Å². The Kier molecular flexibility index (Phi) is 7.34. The third-order valence-corrected chi connectivity index (χ3v) is 4.08. The first-order chi connectivity index (χ1) is 10.4. The number of benzene rings is 1. The van der Waals surface area contributed by atoms with Crippen molar-refractivity contribution in [3.8, 4) is 5.75 Å². The first kappa shape index (κ1) is 18.4. The van der Waals surface area contributed by atoms with Crippen LogP contribution >= 0.6 is 0 Å². The molecule has 0 fully saturated rings. The minimum atomic E-state index is -3.15. The van der Waals surface area contributed by atoms with Crippen LogP contribution in [0.5, 0.6) is 5.75 Å². The van der Waals surface area contributed by atoms with Crippen LogP contribution in [0.25, 0.3) is 0 Å². The number of hydrogen-bond acceptors (Lipinski definition) is 5. The molecule has 1 aromatic carbocycles. The van der Waals surface area contributed by atoms with Crippen molar-refractivity contribution >= 4 is 15.7 Å². The van der Waals surface area contributed by atoms with Crippen molar-refractivity contribution < 1.29 is 22.7 Å². The van der Waals surface area contributed by atoms with E-state index in [9.17, 15) is 13.2 Å². The minimum absolute atomic E-state index is 0.0152. The van der Waals surface area contributed by atoms with E-state index in [0.717, 1.165) is 17.6 Å². The molecule has 0 aliphatic heterocycles. The molecule has 0 aliphatic carbocycles. The third kappa shape index (κ3) is 6.91. The van der Waals surface area contributed by atoms with Crippen molar-refractivity contribution in [2.45, 2.75) is 13.0 Å². The van der Waals surface area contributed by atoms with E-state index in [1.54, 1.807) is 19.1 Å². The normalized spacial score (nSPS) is 11.2. The lowest BCUT2D eigenvalue weighted by atomic mass is 10.2. The van der Waals surface area contributed by atoms with Crippen molar-refractivity contribution in [2.75, 3.05) is 39.4 Å². The average molecular weight is 329 g/mol. The van der Waals surface area contributed by atoms with Crippen LogP contribution in [0.2, 0.25) is 0 Å². The zero-order chi connectivity index (χ0) is 16.6. The maximum absolute atomic E-state index is 12.2. The minimum Gasteiger partial charge on any atom is -0.497 e. The summed E-state index contributed by atoms with van der Waals surface area (Å²) in [5, 5.41) is 0. The van der Waals surface area contributed by atoms with Crippen molar-refractivity contribution in [1.82, 2.24) is 4.90 Å². The fraction of sp³-hybridized carbons (Fsp3) is 0.533. The van der Waals surface area contributed by atoms with Crippen molar-refractivity contribution in [3.63, 3.8) is 0 Å². The smallest absolute Gasteiger partial charge is 0.223 e. The zero-order valence-corrected chi connectivity index (χ0v) is 14.1. The van der Waals surface area contributed by atoms with Gasteiger partial charge in [-0.05, 0) is 17.7 Å².